The fourth-order valence-corrected chi connectivity index (χ4v) is 4.21. The molecule has 4 aromatic rings. The van der Waals surface area contributed by atoms with Crippen molar-refractivity contribution in [2.24, 2.45) is 0 Å². The monoisotopic (exact) mass is 426 g/mol. The van der Waals surface area contributed by atoms with E-state index in [0.717, 1.165) is 27.4 Å². The molecule has 1 amide bonds. The first-order chi connectivity index (χ1) is 13.9. The van der Waals surface area contributed by atoms with Gasteiger partial charge in [-0.25, -0.2) is 4.98 Å². The molecule has 0 aliphatic rings. The molecule has 0 aliphatic carbocycles. The topological polar surface area (TPSA) is 98.2 Å². The lowest BCUT2D eigenvalue weighted by Gasteiger charge is -2.19. The fourth-order valence-electron chi connectivity index (χ4n) is 3.28. The number of hydrogen-bond donors (Lipinski definition) is 2. The Morgan fingerprint density at radius 3 is 2.69 bits per heavy atom. The Hall–Kier alpha value is -2.97. The summed E-state index contributed by atoms with van der Waals surface area (Å²) in [6.07, 6.45) is 0.176. The summed E-state index contributed by atoms with van der Waals surface area (Å²) < 4.78 is 1.57. The summed E-state index contributed by atoms with van der Waals surface area (Å²) in [6.45, 7) is 3.74. The molecule has 3 aromatic heterocycles. The number of amides is 1. The number of hydrogen-bond acceptors (Lipinski definition) is 6. The van der Waals surface area contributed by atoms with E-state index in [0.29, 0.717) is 10.8 Å². The number of carbonyl (C=O) groups excluding carboxylic acids is 1. The highest BCUT2D eigenvalue weighted by molar-refractivity contribution is 7.10. The van der Waals surface area contributed by atoms with Crippen LogP contribution in [0.3, 0.4) is 0 Å². The minimum Gasteiger partial charge on any atom is -0.366 e. The molecule has 9 heteroatoms. The maximum atomic E-state index is 13.0. The lowest BCUT2D eigenvalue weighted by Crippen LogP contribution is -2.30. The Labute approximate surface area is 176 Å². The highest BCUT2D eigenvalue weighted by atomic mass is 35.5. The number of nitrogen functional groups attached to an aromatic ring is 1. The number of benzene rings is 1. The smallest absolute Gasteiger partial charge is 0.254 e. The standard InChI is InChI=1S/C20H19ClN6OS/c1-11-15(12(2)27-20(23-11)25-19(22)26-27)10-17(28)24-18(16-4-3-9-29-16)13-5-7-14(21)8-6-13/h3-9,18H,10H2,1-2H3,(H2,22,26)(H,24,28). The van der Waals surface area contributed by atoms with Crippen molar-refractivity contribution in [3.8, 4) is 0 Å². The number of aromatic nitrogens is 4. The van der Waals surface area contributed by atoms with Crippen LogP contribution in [0.1, 0.15) is 33.4 Å². The van der Waals surface area contributed by atoms with Crippen LogP contribution in [0.2, 0.25) is 5.02 Å². The van der Waals surface area contributed by atoms with Crippen molar-refractivity contribution >= 4 is 40.6 Å². The molecule has 0 aliphatic heterocycles. The maximum Gasteiger partial charge on any atom is 0.254 e. The number of anilines is 1. The van der Waals surface area contributed by atoms with Gasteiger partial charge in [-0.05, 0) is 43.0 Å². The van der Waals surface area contributed by atoms with Gasteiger partial charge in [-0.3, -0.25) is 4.79 Å². The van der Waals surface area contributed by atoms with Crippen molar-refractivity contribution in [2.75, 3.05) is 5.73 Å². The molecule has 0 radical (unpaired) electrons. The highest BCUT2D eigenvalue weighted by Gasteiger charge is 2.20. The average molecular weight is 427 g/mol. The van der Waals surface area contributed by atoms with Crippen LogP contribution in [0.4, 0.5) is 5.95 Å². The highest BCUT2D eigenvalue weighted by Crippen LogP contribution is 2.27. The Balaban J connectivity index is 1.62. The molecule has 148 valence electrons. The molecular weight excluding hydrogens is 408 g/mol. The number of halogens is 1. The lowest BCUT2D eigenvalue weighted by atomic mass is 10.0. The van der Waals surface area contributed by atoms with Gasteiger partial charge in [0, 0.05) is 26.9 Å². The third kappa shape index (κ3) is 3.94. The number of carbonyl (C=O) groups is 1. The third-order valence-electron chi connectivity index (χ3n) is 4.74. The molecular formula is C20H19ClN6OS. The number of rotatable bonds is 5. The van der Waals surface area contributed by atoms with Crippen molar-refractivity contribution in [1.29, 1.82) is 0 Å². The van der Waals surface area contributed by atoms with Gasteiger partial charge < -0.3 is 11.1 Å². The second-order valence-corrected chi connectivity index (χ2v) is 8.10. The SMILES string of the molecule is Cc1nc2nc(N)nn2c(C)c1CC(=O)NC(c1ccc(Cl)cc1)c1cccs1. The number of nitrogens with one attached hydrogen (secondary N) is 1. The second kappa shape index (κ2) is 7.81. The first-order valence-corrected chi connectivity index (χ1v) is 10.2. The van der Waals surface area contributed by atoms with Crippen molar-refractivity contribution < 1.29 is 4.79 Å². The number of thiophene rings is 1. The molecule has 4 rings (SSSR count). The summed E-state index contributed by atoms with van der Waals surface area (Å²) >= 11 is 7.62. The van der Waals surface area contributed by atoms with E-state index in [-0.39, 0.29) is 24.3 Å². The van der Waals surface area contributed by atoms with Crippen molar-refractivity contribution in [2.45, 2.75) is 26.3 Å². The zero-order valence-electron chi connectivity index (χ0n) is 15.9. The minimum atomic E-state index is -0.251. The molecule has 1 atom stereocenters. The number of nitrogens with two attached hydrogens (primary N) is 1. The Kier molecular flexibility index (Phi) is 5.21. The quantitative estimate of drug-likeness (QED) is 0.509. The number of fused-ring (bicyclic) bond motifs is 1. The fraction of sp³-hybridized carbons (Fsp3) is 0.200. The van der Waals surface area contributed by atoms with Crippen molar-refractivity contribution in [1.82, 2.24) is 24.9 Å². The van der Waals surface area contributed by atoms with Crippen LogP contribution in [0, 0.1) is 13.8 Å². The molecule has 0 saturated carbocycles. The van der Waals surface area contributed by atoms with Crippen molar-refractivity contribution in [3.63, 3.8) is 0 Å². The van der Waals surface area contributed by atoms with Crippen LogP contribution in [0.5, 0.6) is 0 Å². The summed E-state index contributed by atoms with van der Waals surface area (Å²) in [5.41, 5.74) is 8.99. The lowest BCUT2D eigenvalue weighted by molar-refractivity contribution is -0.120. The summed E-state index contributed by atoms with van der Waals surface area (Å²) in [4.78, 5) is 22.5. The Morgan fingerprint density at radius 2 is 2.00 bits per heavy atom. The molecule has 3 N–H and O–H groups in total. The molecule has 0 fully saturated rings. The molecule has 1 unspecified atom stereocenters. The predicted molar refractivity (Wildman–Crippen MR) is 114 cm³/mol. The largest absolute Gasteiger partial charge is 0.366 e. The van der Waals surface area contributed by atoms with Gasteiger partial charge in [0.2, 0.25) is 11.9 Å². The first kappa shape index (κ1) is 19.4. The summed E-state index contributed by atoms with van der Waals surface area (Å²) in [7, 11) is 0. The maximum absolute atomic E-state index is 13.0. The molecule has 0 spiro atoms. The van der Waals surface area contributed by atoms with Gasteiger partial charge in [0.05, 0.1) is 12.5 Å². The van der Waals surface area contributed by atoms with Crippen LogP contribution < -0.4 is 11.1 Å². The van der Waals surface area contributed by atoms with Crippen molar-refractivity contribution in [3.05, 3.63) is 74.2 Å². The van der Waals surface area contributed by atoms with E-state index in [1.807, 2.05) is 55.6 Å². The first-order valence-electron chi connectivity index (χ1n) is 8.99. The van der Waals surface area contributed by atoms with E-state index in [9.17, 15) is 4.79 Å². The van der Waals surface area contributed by atoms with E-state index in [1.54, 1.807) is 15.9 Å². The number of nitrogens with zero attached hydrogens (tertiary/aromatic N) is 4. The third-order valence-corrected chi connectivity index (χ3v) is 5.93. The summed E-state index contributed by atoms with van der Waals surface area (Å²) in [5.74, 6) is 0.472. The molecule has 0 saturated heterocycles. The Morgan fingerprint density at radius 1 is 1.24 bits per heavy atom. The van der Waals surface area contributed by atoms with Crippen LogP contribution in [-0.4, -0.2) is 25.5 Å². The van der Waals surface area contributed by atoms with Gasteiger partial charge in [-0.2, -0.15) is 9.50 Å². The molecule has 3 heterocycles. The van der Waals surface area contributed by atoms with Crippen LogP contribution in [-0.2, 0) is 11.2 Å². The van der Waals surface area contributed by atoms with Gasteiger partial charge >= 0.3 is 0 Å². The zero-order valence-corrected chi connectivity index (χ0v) is 17.5. The van der Waals surface area contributed by atoms with E-state index < -0.39 is 0 Å². The van der Waals surface area contributed by atoms with E-state index in [2.05, 4.69) is 20.4 Å². The summed E-state index contributed by atoms with van der Waals surface area (Å²) in [6, 6.07) is 11.2. The van der Waals surface area contributed by atoms with Gasteiger partial charge in [0.1, 0.15) is 0 Å². The van der Waals surface area contributed by atoms with Gasteiger partial charge in [0.15, 0.2) is 0 Å². The van der Waals surface area contributed by atoms with Gasteiger partial charge in [0.25, 0.3) is 5.78 Å². The number of aryl methyl sites for hydroxylation is 2. The molecule has 7 nitrogen and oxygen atoms in total. The van der Waals surface area contributed by atoms with Gasteiger partial charge in [-0.1, -0.05) is 29.8 Å². The van der Waals surface area contributed by atoms with Crippen LogP contribution in [0.15, 0.2) is 41.8 Å². The zero-order chi connectivity index (χ0) is 20.5. The average Bonchev–Trinajstić information content (AvgIpc) is 3.33. The molecule has 1 aromatic carbocycles. The van der Waals surface area contributed by atoms with E-state index >= 15 is 0 Å². The second-order valence-electron chi connectivity index (χ2n) is 6.69. The normalized spacial score (nSPS) is 12.2. The Bertz CT molecular complexity index is 1170. The predicted octanol–water partition coefficient (Wildman–Crippen LogP) is 3.49. The van der Waals surface area contributed by atoms with Crippen LogP contribution >= 0.6 is 22.9 Å². The summed E-state index contributed by atoms with van der Waals surface area (Å²) in [5, 5.41) is 9.95. The molecule has 29 heavy (non-hydrogen) atoms. The molecule has 0 bridgehead atoms. The van der Waals surface area contributed by atoms with E-state index in [1.165, 1.54) is 0 Å². The van der Waals surface area contributed by atoms with Crippen LogP contribution in [0.25, 0.3) is 5.78 Å². The minimum absolute atomic E-state index is 0.112. The van der Waals surface area contributed by atoms with Gasteiger partial charge in [-0.15, -0.1) is 16.4 Å². The van der Waals surface area contributed by atoms with E-state index in [4.69, 9.17) is 17.3 Å².